The highest BCUT2D eigenvalue weighted by Crippen LogP contribution is 2.28. The smallest absolute Gasteiger partial charge is 0.224 e. The molecular weight excluding hydrogens is 451 g/mol. The molecule has 1 amide bonds. The molecule has 0 aromatic heterocycles. The number of carbonyl (C=O) groups excluding carboxylic acids is 1. The first-order chi connectivity index (χ1) is 16.1. The highest BCUT2D eigenvalue weighted by Gasteiger charge is 2.22. The van der Waals surface area contributed by atoms with Gasteiger partial charge in [0.05, 0.1) is 16.5 Å². The maximum Gasteiger partial charge on any atom is 0.224 e. The molecule has 1 fully saturated rings. The fourth-order valence-electron chi connectivity index (χ4n) is 4.62. The van der Waals surface area contributed by atoms with Gasteiger partial charge in [-0.05, 0) is 54.6 Å². The van der Waals surface area contributed by atoms with E-state index in [9.17, 15) is 4.79 Å². The van der Waals surface area contributed by atoms with E-state index in [2.05, 4.69) is 70.9 Å². The zero-order valence-corrected chi connectivity index (χ0v) is 20.2. The Hall–Kier alpha value is -2.33. The summed E-state index contributed by atoms with van der Waals surface area (Å²) in [6.07, 6.45) is 3.37. The van der Waals surface area contributed by atoms with Crippen LogP contribution in [0.15, 0.2) is 78.9 Å². The molecule has 1 aliphatic rings. The maximum absolute atomic E-state index is 12.5. The third kappa shape index (κ3) is 6.83. The standard InChI is InChI=1S/C28H30Cl2N2O/c29-26-12-11-21(19-27(26)30)20-28(33)31-24-13-16-32(17-14-24)18-15-25(22-7-3-1-4-8-22)23-9-5-2-6-10-23/h1-12,19,24-25H,13-18,20H2,(H,31,33). The Morgan fingerprint density at radius 1 is 0.879 bits per heavy atom. The van der Waals surface area contributed by atoms with Crippen molar-refractivity contribution in [2.45, 2.75) is 37.6 Å². The highest BCUT2D eigenvalue weighted by atomic mass is 35.5. The van der Waals surface area contributed by atoms with E-state index in [1.165, 1.54) is 11.1 Å². The summed E-state index contributed by atoms with van der Waals surface area (Å²) in [6, 6.07) is 27.1. The Balaban J connectivity index is 1.26. The van der Waals surface area contributed by atoms with Gasteiger partial charge in [0, 0.05) is 25.0 Å². The lowest BCUT2D eigenvalue weighted by molar-refractivity contribution is -0.121. The molecule has 1 saturated heterocycles. The van der Waals surface area contributed by atoms with E-state index in [4.69, 9.17) is 23.2 Å². The van der Waals surface area contributed by atoms with Crippen molar-refractivity contribution in [3.63, 3.8) is 0 Å². The van der Waals surface area contributed by atoms with Crippen molar-refractivity contribution in [2.75, 3.05) is 19.6 Å². The van der Waals surface area contributed by atoms with Crippen molar-refractivity contribution in [3.8, 4) is 0 Å². The lowest BCUT2D eigenvalue weighted by Crippen LogP contribution is -2.45. The topological polar surface area (TPSA) is 32.3 Å². The van der Waals surface area contributed by atoms with Crippen LogP contribution in [-0.4, -0.2) is 36.5 Å². The van der Waals surface area contributed by atoms with E-state index in [1.807, 2.05) is 6.07 Å². The second kappa shape index (κ2) is 11.7. The Labute approximate surface area is 206 Å². The van der Waals surface area contributed by atoms with Crippen molar-refractivity contribution in [3.05, 3.63) is 106 Å². The van der Waals surface area contributed by atoms with Crippen LogP contribution in [0.4, 0.5) is 0 Å². The van der Waals surface area contributed by atoms with Gasteiger partial charge in [0.1, 0.15) is 0 Å². The number of amides is 1. The first-order valence-electron chi connectivity index (χ1n) is 11.6. The molecule has 33 heavy (non-hydrogen) atoms. The molecule has 0 unspecified atom stereocenters. The second-order valence-electron chi connectivity index (χ2n) is 8.77. The van der Waals surface area contributed by atoms with Gasteiger partial charge >= 0.3 is 0 Å². The monoisotopic (exact) mass is 480 g/mol. The van der Waals surface area contributed by atoms with Crippen LogP contribution < -0.4 is 5.32 Å². The number of likely N-dealkylation sites (tertiary alicyclic amines) is 1. The molecular formula is C28H30Cl2N2O. The van der Waals surface area contributed by atoms with Gasteiger partial charge in [-0.1, -0.05) is 89.9 Å². The third-order valence-electron chi connectivity index (χ3n) is 6.44. The molecule has 3 nitrogen and oxygen atoms in total. The Bertz CT molecular complexity index is 995. The molecule has 1 N–H and O–H groups in total. The van der Waals surface area contributed by atoms with E-state index < -0.39 is 0 Å². The van der Waals surface area contributed by atoms with Gasteiger partial charge in [-0.2, -0.15) is 0 Å². The zero-order chi connectivity index (χ0) is 23.0. The molecule has 0 spiro atoms. The summed E-state index contributed by atoms with van der Waals surface area (Å²) in [7, 11) is 0. The minimum atomic E-state index is 0.0417. The predicted molar refractivity (Wildman–Crippen MR) is 137 cm³/mol. The minimum absolute atomic E-state index is 0.0417. The lowest BCUT2D eigenvalue weighted by Gasteiger charge is -2.33. The van der Waals surface area contributed by atoms with Crippen LogP contribution in [0.25, 0.3) is 0 Å². The third-order valence-corrected chi connectivity index (χ3v) is 7.18. The number of hydrogen-bond acceptors (Lipinski definition) is 2. The van der Waals surface area contributed by atoms with Crippen LogP contribution in [0.5, 0.6) is 0 Å². The van der Waals surface area contributed by atoms with Crippen molar-refractivity contribution in [1.29, 1.82) is 0 Å². The first-order valence-corrected chi connectivity index (χ1v) is 12.4. The molecule has 0 atom stereocenters. The van der Waals surface area contributed by atoms with Gasteiger partial charge in [0.15, 0.2) is 0 Å². The first kappa shape index (κ1) is 23.8. The molecule has 3 aromatic carbocycles. The summed E-state index contributed by atoms with van der Waals surface area (Å²) < 4.78 is 0. The largest absolute Gasteiger partial charge is 0.353 e. The van der Waals surface area contributed by atoms with Gasteiger partial charge in [0.2, 0.25) is 5.91 Å². The van der Waals surface area contributed by atoms with E-state index in [0.717, 1.165) is 44.5 Å². The SMILES string of the molecule is O=C(Cc1ccc(Cl)c(Cl)c1)NC1CCN(CCC(c2ccccc2)c2ccccc2)CC1. The average molecular weight is 481 g/mol. The molecule has 4 rings (SSSR count). The summed E-state index contributed by atoms with van der Waals surface area (Å²) in [5, 5.41) is 4.19. The van der Waals surface area contributed by atoms with Crippen LogP contribution in [0.2, 0.25) is 10.0 Å². The van der Waals surface area contributed by atoms with Crippen molar-refractivity contribution < 1.29 is 4.79 Å². The van der Waals surface area contributed by atoms with E-state index in [0.29, 0.717) is 22.4 Å². The predicted octanol–water partition coefficient (Wildman–Crippen LogP) is 6.34. The van der Waals surface area contributed by atoms with Crippen LogP contribution in [0.3, 0.4) is 0 Å². The molecule has 1 heterocycles. The second-order valence-corrected chi connectivity index (χ2v) is 9.59. The molecule has 1 aliphatic heterocycles. The molecule has 0 saturated carbocycles. The Morgan fingerprint density at radius 2 is 1.48 bits per heavy atom. The van der Waals surface area contributed by atoms with Gasteiger partial charge in [0.25, 0.3) is 0 Å². The lowest BCUT2D eigenvalue weighted by atomic mass is 9.88. The summed E-state index contributed by atoms with van der Waals surface area (Å²) in [6.45, 7) is 3.07. The van der Waals surface area contributed by atoms with E-state index in [-0.39, 0.29) is 11.9 Å². The summed E-state index contributed by atoms with van der Waals surface area (Å²) in [5.41, 5.74) is 3.62. The quantitative estimate of drug-likeness (QED) is 0.407. The van der Waals surface area contributed by atoms with Crippen molar-refractivity contribution in [2.24, 2.45) is 0 Å². The average Bonchev–Trinajstić information content (AvgIpc) is 2.84. The number of nitrogens with zero attached hydrogens (tertiary/aromatic N) is 1. The van der Waals surface area contributed by atoms with Gasteiger partial charge < -0.3 is 10.2 Å². The minimum Gasteiger partial charge on any atom is -0.353 e. The summed E-state index contributed by atoms with van der Waals surface area (Å²) in [4.78, 5) is 15.0. The van der Waals surface area contributed by atoms with Crippen molar-refractivity contribution in [1.82, 2.24) is 10.2 Å². The van der Waals surface area contributed by atoms with Gasteiger partial charge in [-0.15, -0.1) is 0 Å². The van der Waals surface area contributed by atoms with Crippen molar-refractivity contribution >= 4 is 29.1 Å². The number of hydrogen-bond donors (Lipinski definition) is 1. The number of nitrogens with one attached hydrogen (secondary N) is 1. The number of piperidine rings is 1. The van der Waals surface area contributed by atoms with Gasteiger partial charge in [-0.25, -0.2) is 0 Å². The van der Waals surface area contributed by atoms with E-state index >= 15 is 0 Å². The number of rotatable bonds is 8. The molecule has 0 aliphatic carbocycles. The van der Waals surface area contributed by atoms with Crippen LogP contribution in [0.1, 0.15) is 41.9 Å². The molecule has 172 valence electrons. The molecule has 0 bridgehead atoms. The number of halogens is 2. The highest BCUT2D eigenvalue weighted by molar-refractivity contribution is 6.42. The molecule has 3 aromatic rings. The molecule has 5 heteroatoms. The van der Waals surface area contributed by atoms with Gasteiger partial charge in [-0.3, -0.25) is 4.79 Å². The zero-order valence-electron chi connectivity index (χ0n) is 18.7. The fraction of sp³-hybridized carbons (Fsp3) is 0.321. The maximum atomic E-state index is 12.5. The fourth-order valence-corrected chi connectivity index (χ4v) is 4.94. The van der Waals surface area contributed by atoms with Crippen LogP contribution in [0, 0.1) is 0 Å². The van der Waals surface area contributed by atoms with Crippen LogP contribution >= 0.6 is 23.2 Å². The Kier molecular flexibility index (Phi) is 8.44. The number of carbonyl (C=O) groups is 1. The normalized spacial score (nSPS) is 15.0. The summed E-state index contributed by atoms with van der Waals surface area (Å²) in [5.74, 6) is 0.441. The van der Waals surface area contributed by atoms with Crippen LogP contribution in [-0.2, 0) is 11.2 Å². The van der Waals surface area contributed by atoms with E-state index in [1.54, 1.807) is 12.1 Å². The molecule has 0 radical (unpaired) electrons. The number of benzene rings is 3. The summed E-state index contributed by atoms with van der Waals surface area (Å²) >= 11 is 12.0. The Morgan fingerprint density at radius 3 is 2.06 bits per heavy atom.